The van der Waals surface area contributed by atoms with E-state index in [1.54, 1.807) is 0 Å². The number of likely N-dealkylation sites (N-methyl/N-ethyl adjacent to an activating group) is 1. The van der Waals surface area contributed by atoms with Gasteiger partial charge in [-0.05, 0) is 45.4 Å². The molecule has 3 nitrogen and oxygen atoms in total. The van der Waals surface area contributed by atoms with Gasteiger partial charge in [-0.2, -0.15) is 0 Å². The summed E-state index contributed by atoms with van der Waals surface area (Å²) in [6.45, 7) is 5.59. The number of para-hydroxylation sites is 1. The molecule has 0 aliphatic carbocycles. The van der Waals surface area contributed by atoms with E-state index in [1.807, 2.05) is 0 Å². The van der Waals surface area contributed by atoms with Crippen molar-refractivity contribution in [1.82, 2.24) is 9.88 Å². The van der Waals surface area contributed by atoms with E-state index in [1.165, 1.54) is 16.5 Å². The first-order valence-electron chi connectivity index (χ1n) is 6.92. The van der Waals surface area contributed by atoms with Gasteiger partial charge in [0.05, 0.1) is 0 Å². The van der Waals surface area contributed by atoms with Gasteiger partial charge in [-0.3, -0.25) is 0 Å². The highest BCUT2D eigenvalue weighted by Crippen LogP contribution is 2.21. The topological polar surface area (TPSA) is 39.3 Å². The van der Waals surface area contributed by atoms with Crippen molar-refractivity contribution in [2.45, 2.75) is 32.2 Å². The summed E-state index contributed by atoms with van der Waals surface area (Å²) in [6, 6.07) is 8.41. The molecular weight excluding hydrogens is 236 g/mol. The number of aromatic amines is 1. The van der Waals surface area contributed by atoms with Gasteiger partial charge in [-0.25, -0.2) is 0 Å². The van der Waals surface area contributed by atoms with Gasteiger partial charge in [-0.1, -0.05) is 18.2 Å². The van der Waals surface area contributed by atoms with Crippen LogP contribution in [0.1, 0.15) is 25.8 Å². The average Bonchev–Trinajstić information content (AvgIpc) is 2.79. The van der Waals surface area contributed by atoms with Gasteiger partial charge in [0.15, 0.2) is 0 Å². The Morgan fingerprint density at radius 3 is 2.74 bits per heavy atom. The number of hydrogen-bond donors (Lipinski definition) is 2. The Balaban J connectivity index is 2.02. The number of benzene rings is 1. The largest absolute Gasteiger partial charge is 0.396 e. The summed E-state index contributed by atoms with van der Waals surface area (Å²) in [6.07, 6.45) is 3.93. The first-order valence-corrected chi connectivity index (χ1v) is 6.92. The van der Waals surface area contributed by atoms with Crippen LogP contribution in [-0.4, -0.2) is 40.7 Å². The predicted octanol–water partition coefficient (Wildman–Crippen LogP) is 2.80. The van der Waals surface area contributed by atoms with E-state index >= 15 is 0 Å². The third-order valence-electron chi connectivity index (χ3n) is 4.15. The monoisotopic (exact) mass is 260 g/mol. The molecule has 104 valence electrons. The molecule has 1 aromatic carbocycles. The average molecular weight is 260 g/mol. The van der Waals surface area contributed by atoms with E-state index in [-0.39, 0.29) is 12.1 Å². The third kappa shape index (κ3) is 3.17. The molecule has 2 rings (SSSR count). The summed E-state index contributed by atoms with van der Waals surface area (Å²) in [7, 11) is 2.13. The second kappa shape index (κ2) is 5.76. The molecule has 0 saturated carbocycles. The molecule has 0 fully saturated rings. The zero-order chi connectivity index (χ0) is 13.9. The Morgan fingerprint density at radius 2 is 2.00 bits per heavy atom. The Hall–Kier alpha value is -1.32. The number of rotatable bonds is 6. The van der Waals surface area contributed by atoms with Crippen LogP contribution < -0.4 is 0 Å². The zero-order valence-corrected chi connectivity index (χ0v) is 12.1. The Labute approximate surface area is 115 Å². The van der Waals surface area contributed by atoms with E-state index < -0.39 is 0 Å². The van der Waals surface area contributed by atoms with Crippen LogP contribution in [0, 0.1) is 0 Å². The standard InChI is InChI=1S/C16H24N2O/c1-16(2,9-11-19)18(3)10-8-13-12-17-15-7-5-4-6-14(13)15/h4-7,12,17,19H,8-11H2,1-3H3. The molecule has 19 heavy (non-hydrogen) atoms. The van der Waals surface area contributed by atoms with Gasteiger partial charge in [0.25, 0.3) is 0 Å². The molecule has 0 aliphatic heterocycles. The summed E-state index contributed by atoms with van der Waals surface area (Å²) in [5.41, 5.74) is 2.61. The summed E-state index contributed by atoms with van der Waals surface area (Å²) in [4.78, 5) is 5.64. The Kier molecular flexibility index (Phi) is 4.27. The van der Waals surface area contributed by atoms with E-state index in [4.69, 9.17) is 5.11 Å². The second-order valence-corrected chi connectivity index (χ2v) is 5.82. The van der Waals surface area contributed by atoms with E-state index in [0.717, 1.165) is 19.4 Å². The number of nitrogens with zero attached hydrogens (tertiary/aromatic N) is 1. The molecule has 0 spiro atoms. The van der Waals surface area contributed by atoms with Gasteiger partial charge in [0, 0.05) is 35.8 Å². The molecule has 0 radical (unpaired) electrons. The number of aliphatic hydroxyl groups excluding tert-OH is 1. The lowest BCUT2D eigenvalue weighted by atomic mass is 9.98. The molecular formula is C16H24N2O. The minimum Gasteiger partial charge on any atom is -0.396 e. The van der Waals surface area contributed by atoms with E-state index in [2.05, 4.69) is 61.2 Å². The molecule has 0 saturated heterocycles. The minimum atomic E-state index is 0.0425. The number of fused-ring (bicyclic) bond motifs is 1. The Bertz CT molecular complexity index is 530. The SMILES string of the molecule is CN(CCc1c[nH]c2ccccc12)C(C)(C)CCO. The van der Waals surface area contributed by atoms with Crippen molar-refractivity contribution in [2.24, 2.45) is 0 Å². The summed E-state index contributed by atoms with van der Waals surface area (Å²) >= 11 is 0. The lowest BCUT2D eigenvalue weighted by molar-refractivity contribution is 0.118. The summed E-state index contributed by atoms with van der Waals surface area (Å²) in [5.74, 6) is 0. The smallest absolute Gasteiger partial charge is 0.0456 e. The maximum Gasteiger partial charge on any atom is 0.0456 e. The maximum atomic E-state index is 9.11. The van der Waals surface area contributed by atoms with Crippen LogP contribution in [0.2, 0.25) is 0 Å². The van der Waals surface area contributed by atoms with Gasteiger partial charge in [-0.15, -0.1) is 0 Å². The van der Waals surface area contributed by atoms with Crippen LogP contribution >= 0.6 is 0 Å². The minimum absolute atomic E-state index is 0.0425. The first-order chi connectivity index (χ1) is 9.04. The fraction of sp³-hybridized carbons (Fsp3) is 0.500. The van der Waals surface area contributed by atoms with Crippen molar-refractivity contribution in [3.05, 3.63) is 36.0 Å². The van der Waals surface area contributed by atoms with Crippen LogP contribution in [-0.2, 0) is 6.42 Å². The molecule has 3 heteroatoms. The number of nitrogens with one attached hydrogen (secondary N) is 1. The molecule has 0 amide bonds. The van der Waals surface area contributed by atoms with Crippen molar-refractivity contribution < 1.29 is 5.11 Å². The fourth-order valence-corrected chi connectivity index (χ4v) is 2.39. The Morgan fingerprint density at radius 1 is 1.26 bits per heavy atom. The van der Waals surface area contributed by atoms with E-state index in [9.17, 15) is 0 Å². The van der Waals surface area contributed by atoms with Gasteiger partial charge < -0.3 is 15.0 Å². The molecule has 0 unspecified atom stereocenters. The number of aromatic nitrogens is 1. The predicted molar refractivity (Wildman–Crippen MR) is 80.4 cm³/mol. The van der Waals surface area contributed by atoms with Crippen molar-refractivity contribution in [2.75, 3.05) is 20.2 Å². The molecule has 2 N–H and O–H groups in total. The first kappa shape index (κ1) is 14.1. The number of aliphatic hydroxyl groups is 1. The number of H-pyrrole nitrogens is 1. The molecule has 0 aliphatic rings. The molecule has 1 aromatic heterocycles. The van der Waals surface area contributed by atoms with Crippen LogP contribution in [0.4, 0.5) is 0 Å². The quantitative estimate of drug-likeness (QED) is 0.838. The third-order valence-corrected chi connectivity index (χ3v) is 4.15. The maximum absolute atomic E-state index is 9.11. The van der Waals surface area contributed by atoms with Gasteiger partial charge in [0.1, 0.15) is 0 Å². The summed E-state index contributed by atoms with van der Waals surface area (Å²) < 4.78 is 0. The van der Waals surface area contributed by atoms with Gasteiger partial charge >= 0.3 is 0 Å². The highest BCUT2D eigenvalue weighted by molar-refractivity contribution is 5.83. The van der Waals surface area contributed by atoms with Crippen LogP contribution in [0.3, 0.4) is 0 Å². The fourth-order valence-electron chi connectivity index (χ4n) is 2.39. The molecule has 0 atom stereocenters. The number of hydrogen-bond acceptors (Lipinski definition) is 2. The van der Waals surface area contributed by atoms with Crippen molar-refractivity contribution in [3.8, 4) is 0 Å². The van der Waals surface area contributed by atoms with Crippen LogP contribution in [0.5, 0.6) is 0 Å². The highest BCUT2D eigenvalue weighted by Gasteiger charge is 2.22. The van der Waals surface area contributed by atoms with Crippen LogP contribution in [0.25, 0.3) is 10.9 Å². The summed E-state index contributed by atoms with van der Waals surface area (Å²) in [5, 5.41) is 10.4. The van der Waals surface area contributed by atoms with Crippen molar-refractivity contribution in [3.63, 3.8) is 0 Å². The lowest BCUT2D eigenvalue weighted by Crippen LogP contribution is -2.42. The lowest BCUT2D eigenvalue weighted by Gasteiger charge is -2.35. The normalized spacial score (nSPS) is 12.5. The molecule has 0 bridgehead atoms. The highest BCUT2D eigenvalue weighted by atomic mass is 16.3. The van der Waals surface area contributed by atoms with Crippen molar-refractivity contribution >= 4 is 10.9 Å². The van der Waals surface area contributed by atoms with Crippen LogP contribution in [0.15, 0.2) is 30.5 Å². The molecule has 2 aromatic rings. The van der Waals surface area contributed by atoms with Crippen molar-refractivity contribution in [1.29, 1.82) is 0 Å². The second-order valence-electron chi connectivity index (χ2n) is 5.82. The molecule has 1 heterocycles. The van der Waals surface area contributed by atoms with Gasteiger partial charge in [0.2, 0.25) is 0 Å². The van der Waals surface area contributed by atoms with E-state index in [0.29, 0.717) is 0 Å². The zero-order valence-electron chi connectivity index (χ0n) is 12.1.